The van der Waals surface area contributed by atoms with Crippen LogP contribution in [0.1, 0.15) is 15.9 Å². The maximum atomic E-state index is 13.2. The first kappa shape index (κ1) is 13.2. The summed E-state index contributed by atoms with van der Waals surface area (Å²) < 4.78 is 14.8. The van der Waals surface area contributed by atoms with Gasteiger partial charge in [-0.1, -0.05) is 0 Å². The molecule has 21 heavy (non-hydrogen) atoms. The molecule has 0 radical (unpaired) electrons. The zero-order valence-corrected chi connectivity index (χ0v) is 11.3. The van der Waals surface area contributed by atoms with Gasteiger partial charge < -0.3 is 0 Å². The van der Waals surface area contributed by atoms with E-state index in [4.69, 9.17) is 0 Å². The van der Waals surface area contributed by atoms with Crippen LogP contribution in [0.4, 0.5) is 4.39 Å². The maximum Gasteiger partial charge on any atom is 0.153 e. The number of carbonyl (C=O) groups is 1. The van der Waals surface area contributed by atoms with Crippen LogP contribution >= 0.6 is 0 Å². The van der Waals surface area contributed by atoms with Gasteiger partial charge in [-0.3, -0.25) is 9.78 Å². The van der Waals surface area contributed by atoms with E-state index in [1.165, 1.54) is 12.1 Å². The van der Waals surface area contributed by atoms with Gasteiger partial charge in [0.2, 0.25) is 0 Å². The van der Waals surface area contributed by atoms with Crippen LogP contribution in [-0.4, -0.2) is 21.1 Å². The second kappa shape index (κ2) is 5.28. The van der Waals surface area contributed by atoms with Gasteiger partial charge in [0.25, 0.3) is 0 Å². The van der Waals surface area contributed by atoms with E-state index in [1.54, 1.807) is 48.4 Å². The number of aldehydes is 1. The molecule has 2 aromatic heterocycles. The highest BCUT2D eigenvalue weighted by Gasteiger charge is 2.14. The second-order valence-electron chi connectivity index (χ2n) is 4.66. The fourth-order valence-corrected chi connectivity index (χ4v) is 2.20. The number of hydrogen-bond donors (Lipinski definition) is 0. The lowest BCUT2D eigenvalue weighted by Gasteiger charge is -2.03. The minimum atomic E-state index is -0.308. The molecule has 3 aromatic rings. The SMILES string of the molecule is Cc1cc(F)ccc1-c1nn(-c2ccncc2)cc1C=O. The molecule has 0 saturated carbocycles. The first-order valence-corrected chi connectivity index (χ1v) is 6.41. The number of hydrogen-bond acceptors (Lipinski definition) is 3. The Bertz CT molecular complexity index is 797. The number of benzene rings is 1. The first-order valence-electron chi connectivity index (χ1n) is 6.41. The van der Waals surface area contributed by atoms with Crippen molar-refractivity contribution in [3.8, 4) is 16.9 Å². The summed E-state index contributed by atoms with van der Waals surface area (Å²) >= 11 is 0. The van der Waals surface area contributed by atoms with E-state index in [0.717, 1.165) is 23.1 Å². The number of carbonyl (C=O) groups excluding carboxylic acids is 1. The summed E-state index contributed by atoms with van der Waals surface area (Å²) in [7, 11) is 0. The van der Waals surface area contributed by atoms with Crippen molar-refractivity contribution in [1.82, 2.24) is 14.8 Å². The Kier molecular flexibility index (Phi) is 3.31. The summed E-state index contributed by atoms with van der Waals surface area (Å²) in [6.07, 6.45) is 5.71. The standard InChI is InChI=1S/C16H12FN3O/c1-11-8-13(17)2-3-15(11)16-12(10-21)9-20(19-16)14-4-6-18-7-5-14/h2-10H,1H3. The highest BCUT2D eigenvalue weighted by Crippen LogP contribution is 2.26. The monoisotopic (exact) mass is 281 g/mol. The number of halogens is 1. The highest BCUT2D eigenvalue weighted by atomic mass is 19.1. The van der Waals surface area contributed by atoms with Crippen molar-refractivity contribution in [3.63, 3.8) is 0 Å². The Labute approximate surface area is 120 Å². The van der Waals surface area contributed by atoms with Crippen LogP contribution in [0.25, 0.3) is 16.9 Å². The van der Waals surface area contributed by atoms with E-state index >= 15 is 0 Å². The van der Waals surface area contributed by atoms with E-state index in [0.29, 0.717) is 11.3 Å². The molecule has 3 rings (SSSR count). The van der Waals surface area contributed by atoms with E-state index in [1.807, 2.05) is 0 Å². The van der Waals surface area contributed by atoms with Crippen LogP contribution in [0.15, 0.2) is 48.9 Å². The Hall–Kier alpha value is -2.82. The van der Waals surface area contributed by atoms with Crippen molar-refractivity contribution >= 4 is 6.29 Å². The lowest BCUT2D eigenvalue weighted by Crippen LogP contribution is -1.95. The number of rotatable bonds is 3. The second-order valence-corrected chi connectivity index (χ2v) is 4.66. The van der Waals surface area contributed by atoms with Crippen molar-refractivity contribution in [3.05, 3.63) is 65.9 Å². The Morgan fingerprint density at radius 3 is 2.62 bits per heavy atom. The molecular weight excluding hydrogens is 269 g/mol. The van der Waals surface area contributed by atoms with Gasteiger partial charge in [-0.05, 0) is 42.8 Å². The molecule has 0 N–H and O–H groups in total. The average Bonchev–Trinajstić information content (AvgIpc) is 2.92. The minimum absolute atomic E-state index is 0.308. The fraction of sp³-hybridized carbons (Fsp3) is 0.0625. The van der Waals surface area contributed by atoms with E-state index in [9.17, 15) is 9.18 Å². The molecule has 0 amide bonds. The average molecular weight is 281 g/mol. The molecule has 0 unspecified atom stereocenters. The molecule has 0 aliphatic rings. The van der Waals surface area contributed by atoms with Crippen molar-refractivity contribution in [2.24, 2.45) is 0 Å². The van der Waals surface area contributed by atoms with Gasteiger partial charge in [0, 0.05) is 24.2 Å². The van der Waals surface area contributed by atoms with Gasteiger partial charge in [0.05, 0.1) is 11.3 Å². The lowest BCUT2D eigenvalue weighted by atomic mass is 10.0. The molecule has 1 aromatic carbocycles. The van der Waals surface area contributed by atoms with E-state index < -0.39 is 0 Å². The van der Waals surface area contributed by atoms with Gasteiger partial charge in [0.1, 0.15) is 11.5 Å². The minimum Gasteiger partial charge on any atom is -0.298 e. The summed E-state index contributed by atoms with van der Waals surface area (Å²) in [5.74, 6) is -0.308. The smallest absolute Gasteiger partial charge is 0.153 e. The third-order valence-electron chi connectivity index (χ3n) is 3.24. The molecule has 0 saturated heterocycles. The third kappa shape index (κ3) is 2.45. The largest absolute Gasteiger partial charge is 0.298 e. The van der Waals surface area contributed by atoms with Gasteiger partial charge >= 0.3 is 0 Å². The van der Waals surface area contributed by atoms with Crippen LogP contribution in [0.5, 0.6) is 0 Å². The molecule has 104 valence electrons. The van der Waals surface area contributed by atoms with Gasteiger partial charge in [-0.25, -0.2) is 9.07 Å². The molecular formula is C16H12FN3O. The van der Waals surface area contributed by atoms with E-state index in [2.05, 4.69) is 10.1 Å². The first-order chi connectivity index (χ1) is 10.2. The predicted molar refractivity (Wildman–Crippen MR) is 76.9 cm³/mol. The van der Waals surface area contributed by atoms with Crippen molar-refractivity contribution in [2.45, 2.75) is 6.92 Å². The molecule has 0 bridgehead atoms. The summed E-state index contributed by atoms with van der Waals surface area (Å²) in [5.41, 5.74) is 3.28. The van der Waals surface area contributed by atoms with Crippen molar-refractivity contribution in [2.75, 3.05) is 0 Å². The molecule has 2 heterocycles. The summed E-state index contributed by atoms with van der Waals surface area (Å²) in [5, 5.41) is 4.45. The lowest BCUT2D eigenvalue weighted by molar-refractivity contribution is 0.112. The molecule has 5 heteroatoms. The third-order valence-corrected chi connectivity index (χ3v) is 3.24. The van der Waals surface area contributed by atoms with Crippen LogP contribution in [0.2, 0.25) is 0 Å². The van der Waals surface area contributed by atoms with Crippen LogP contribution < -0.4 is 0 Å². The number of nitrogens with zero attached hydrogens (tertiary/aromatic N) is 3. The predicted octanol–water partition coefficient (Wildman–Crippen LogP) is 3.19. The summed E-state index contributed by atoms with van der Waals surface area (Å²) in [4.78, 5) is 15.2. The quantitative estimate of drug-likeness (QED) is 0.693. The fourth-order valence-electron chi connectivity index (χ4n) is 2.20. The van der Waals surface area contributed by atoms with Crippen molar-refractivity contribution in [1.29, 1.82) is 0 Å². The maximum absolute atomic E-state index is 13.2. The van der Waals surface area contributed by atoms with Gasteiger partial charge in [-0.15, -0.1) is 0 Å². The Balaban J connectivity index is 2.15. The van der Waals surface area contributed by atoms with Crippen LogP contribution in [0.3, 0.4) is 0 Å². The number of aryl methyl sites for hydroxylation is 1. The topological polar surface area (TPSA) is 47.8 Å². The Morgan fingerprint density at radius 2 is 1.95 bits per heavy atom. The normalized spacial score (nSPS) is 10.6. The molecule has 0 spiro atoms. The number of pyridine rings is 1. The zero-order valence-electron chi connectivity index (χ0n) is 11.3. The summed E-state index contributed by atoms with van der Waals surface area (Å²) in [6, 6.07) is 8.01. The molecule has 0 aliphatic heterocycles. The van der Waals surface area contributed by atoms with Crippen molar-refractivity contribution < 1.29 is 9.18 Å². The molecule has 0 atom stereocenters. The Morgan fingerprint density at radius 1 is 1.19 bits per heavy atom. The van der Waals surface area contributed by atoms with E-state index in [-0.39, 0.29) is 5.82 Å². The van der Waals surface area contributed by atoms with Gasteiger partial charge in [-0.2, -0.15) is 5.10 Å². The highest BCUT2D eigenvalue weighted by molar-refractivity contribution is 5.86. The van der Waals surface area contributed by atoms with Crippen LogP contribution in [0, 0.1) is 12.7 Å². The molecule has 4 nitrogen and oxygen atoms in total. The molecule has 0 fully saturated rings. The molecule has 0 aliphatic carbocycles. The zero-order chi connectivity index (χ0) is 14.8. The van der Waals surface area contributed by atoms with Crippen LogP contribution in [-0.2, 0) is 0 Å². The number of aromatic nitrogens is 3. The van der Waals surface area contributed by atoms with Gasteiger partial charge in [0.15, 0.2) is 6.29 Å². The summed E-state index contributed by atoms with van der Waals surface area (Å²) in [6.45, 7) is 1.79.